The van der Waals surface area contributed by atoms with Gasteiger partial charge in [-0.3, -0.25) is 4.90 Å². The van der Waals surface area contributed by atoms with Crippen LogP contribution in [0.2, 0.25) is 0 Å². The molecule has 0 amide bonds. The Labute approximate surface area is 165 Å². The minimum Gasteiger partial charge on any atom is -0.496 e. The second kappa shape index (κ2) is 11.1. The highest BCUT2D eigenvalue weighted by atomic mass is 35.5. The molecule has 0 radical (unpaired) electrons. The van der Waals surface area contributed by atoms with Crippen LogP contribution in [0.4, 0.5) is 13.2 Å². The molecule has 1 aromatic carbocycles. The number of rotatable bonds is 6. The van der Waals surface area contributed by atoms with Crippen LogP contribution in [0.3, 0.4) is 0 Å². The molecule has 0 spiro atoms. The molecule has 1 N–H and O–H groups in total. The smallest absolute Gasteiger partial charge is 0.496 e. The maximum Gasteiger partial charge on any atom is 0.573 e. The average molecular weight is 419 g/mol. The highest BCUT2D eigenvalue weighted by Crippen LogP contribution is 2.39. The van der Waals surface area contributed by atoms with Gasteiger partial charge >= 0.3 is 6.36 Å². The van der Waals surface area contributed by atoms with E-state index < -0.39 is 6.36 Å². The first-order valence-corrected chi connectivity index (χ1v) is 8.24. The summed E-state index contributed by atoms with van der Waals surface area (Å²) in [5.41, 5.74) is 0.906. The fourth-order valence-corrected chi connectivity index (χ4v) is 3.18. The third-order valence-corrected chi connectivity index (χ3v) is 4.49. The molecule has 26 heavy (non-hydrogen) atoms. The van der Waals surface area contributed by atoms with Crippen molar-refractivity contribution in [1.82, 2.24) is 10.2 Å². The first-order chi connectivity index (χ1) is 11.4. The molecular formula is C17H27Cl2F3N2O2. The fraction of sp³-hybridized carbons (Fsp3) is 0.647. The standard InChI is InChI=1S/C17H25F3N2O2.2ClH/c1-4-12(2)16(22-9-7-21-8-10-22)14-6-5-13(11-15(14)23-3)24-17(18,19)20;;/h5-6,11-12,16,21H,4,7-10H2,1-3H3;2*1H/t12?,16-;;/m1../s1. The number of benzene rings is 1. The average Bonchev–Trinajstić information content (AvgIpc) is 2.55. The predicted octanol–water partition coefficient (Wildman–Crippen LogP) is 4.43. The zero-order valence-corrected chi connectivity index (χ0v) is 16.8. The second-order valence-electron chi connectivity index (χ2n) is 6.07. The number of methoxy groups -OCH3 is 1. The Morgan fingerprint density at radius 2 is 1.81 bits per heavy atom. The molecular weight excluding hydrogens is 392 g/mol. The van der Waals surface area contributed by atoms with Gasteiger partial charge in [-0.25, -0.2) is 0 Å². The Kier molecular flexibility index (Phi) is 10.7. The molecule has 1 saturated heterocycles. The molecule has 4 nitrogen and oxygen atoms in total. The number of hydrogen-bond acceptors (Lipinski definition) is 4. The lowest BCUT2D eigenvalue weighted by Crippen LogP contribution is -2.46. The largest absolute Gasteiger partial charge is 0.573 e. The molecule has 2 rings (SSSR count). The van der Waals surface area contributed by atoms with Crippen LogP contribution in [0.1, 0.15) is 31.9 Å². The molecule has 0 saturated carbocycles. The molecule has 1 aliphatic heterocycles. The van der Waals surface area contributed by atoms with Crippen molar-refractivity contribution in [1.29, 1.82) is 0 Å². The van der Waals surface area contributed by atoms with Gasteiger partial charge in [0, 0.05) is 43.9 Å². The molecule has 1 fully saturated rings. The Balaban J connectivity index is 0.00000312. The van der Waals surface area contributed by atoms with Gasteiger partial charge in [0.25, 0.3) is 0 Å². The van der Waals surface area contributed by atoms with E-state index >= 15 is 0 Å². The summed E-state index contributed by atoms with van der Waals surface area (Å²) in [4.78, 5) is 2.37. The predicted molar refractivity (Wildman–Crippen MR) is 101 cm³/mol. The molecule has 1 aromatic rings. The highest BCUT2D eigenvalue weighted by molar-refractivity contribution is 5.85. The lowest BCUT2D eigenvalue weighted by Gasteiger charge is -2.39. The van der Waals surface area contributed by atoms with Crippen molar-refractivity contribution in [3.05, 3.63) is 23.8 Å². The summed E-state index contributed by atoms with van der Waals surface area (Å²) in [5, 5.41) is 3.32. The number of piperazine rings is 1. The third kappa shape index (κ3) is 6.68. The summed E-state index contributed by atoms with van der Waals surface area (Å²) < 4.78 is 46.7. The van der Waals surface area contributed by atoms with Crippen LogP contribution in [0, 0.1) is 5.92 Å². The van der Waals surface area contributed by atoms with Gasteiger partial charge in [-0.15, -0.1) is 38.0 Å². The van der Waals surface area contributed by atoms with Crippen molar-refractivity contribution in [3.63, 3.8) is 0 Å². The normalized spacial score (nSPS) is 17.5. The molecule has 0 aliphatic carbocycles. The topological polar surface area (TPSA) is 33.7 Å². The number of nitrogens with zero attached hydrogens (tertiary/aromatic N) is 1. The van der Waals surface area contributed by atoms with Gasteiger partial charge < -0.3 is 14.8 Å². The molecule has 1 heterocycles. The van der Waals surface area contributed by atoms with Crippen molar-refractivity contribution in [2.75, 3.05) is 33.3 Å². The van der Waals surface area contributed by atoms with Crippen molar-refractivity contribution in [3.8, 4) is 11.5 Å². The van der Waals surface area contributed by atoms with E-state index in [-0.39, 0.29) is 36.6 Å². The van der Waals surface area contributed by atoms with E-state index in [1.165, 1.54) is 19.2 Å². The maximum absolute atomic E-state index is 12.4. The summed E-state index contributed by atoms with van der Waals surface area (Å²) in [7, 11) is 1.47. The zero-order valence-electron chi connectivity index (χ0n) is 15.1. The summed E-state index contributed by atoms with van der Waals surface area (Å²) in [6, 6.07) is 4.48. The Bertz CT molecular complexity index is 541. The van der Waals surface area contributed by atoms with Crippen LogP contribution >= 0.6 is 24.8 Å². The first kappa shape index (κ1) is 25.1. The van der Waals surface area contributed by atoms with Crippen LogP contribution < -0.4 is 14.8 Å². The van der Waals surface area contributed by atoms with Crippen molar-refractivity contribution in [2.45, 2.75) is 32.7 Å². The molecule has 2 atom stereocenters. The van der Waals surface area contributed by atoms with E-state index in [9.17, 15) is 13.2 Å². The van der Waals surface area contributed by atoms with Gasteiger partial charge in [0.1, 0.15) is 11.5 Å². The summed E-state index contributed by atoms with van der Waals surface area (Å²) >= 11 is 0. The first-order valence-electron chi connectivity index (χ1n) is 8.24. The Morgan fingerprint density at radius 3 is 2.31 bits per heavy atom. The third-order valence-electron chi connectivity index (χ3n) is 4.49. The number of halogens is 5. The van der Waals surface area contributed by atoms with E-state index in [1.54, 1.807) is 6.07 Å². The quantitative estimate of drug-likeness (QED) is 0.740. The van der Waals surface area contributed by atoms with Crippen molar-refractivity contribution < 1.29 is 22.6 Å². The minimum absolute atomic E-state index is 0. The Morgan fingerprint density at radius 1 is 1.19 bits per heavy atom. The number of nitrogens with one attached hydrogen (secondary N) is 1. The SMILES string of the molecule is CCC(C)[C@H](c1ccc(OC(F)(F)F)cc1OC)N1CCNCC1.Cl.Cl. The van der Waals surface area contributed by atoms with Crippen molar-refractivity contribution in [2.24, 2.45) is 5.92 Å². The minimum atomic E-state index is -4.71. The zero-order chi connectivity index (χ0) is 17.7. The van der Waals surface area contributed by atoms with Crippen LogP contribution in [-0.2, 0) is 0 Å². The molecule has 0 aromatic heterocycles. The van der Waals surface area contributed by atoms with E-state index in [1.807, 2.05) is 0 Å². The second-order valence-corrected chi connectivity index (χ2v) is 6.07. The summed E-state index contributed by atoms with van der Waals surface area (Å²) in [6.07, 6.45) is -3.74. The van der Waals surface area contributed by atoms with E-state index in [4.69, 9.17) is 4.74 Å². The Hall–Kier alpha value is -0.890. The molecule has 0 bridgehead atoms. The van der Waals surface area contributed by atoms with Gasteiger partial charge in [-0.1, -0.05) is 26.3 Å². The van der Waals surface area contributed by atoms with Crippen LogP contribution in [-0.4, -0.2) is 44.6 Å². The van der Waals surface area contributed by atoms with Gasteiger partial charge in [-0.2, -0.15) is 0 Å². The summed E-state index contributed by atoms with van der Waals surface area (Å²) in [5.74, 6) is 0.526. The number of alkyl halides is 3. The lowest BCUT2D eigenvalue weighted by molar-refractivity contribution is -0.274. The molecule has 1 aliphatic rings. The van der Waals surface area contributed by atoms with Gasteiger partial charge in [0.15, 0.2) is 0 Å². The maximum atomic E-state index is 12.4. The molecule has 152 valence electrons. The van der Waals surface area contributed by atoms with Gasteiger partial charge in [0.2, 0.25) is 0 Å². The molecule has 1 unspecified atom stereocenters. The summed E-state index contributed by atoms with van der Waals surface area (Å²) in [6.45, 7) is 7.90. The van der Waals surface area contributed by atoms with E-state index in [0.717, 1.165) is 38.2 Å². The number of ether oxygens (including phenoxy) is 2. The van der Waals surface area contributed by atoms with Crippen LogP contribution in [0.25, 0.3) is 0 Å². The van der Waals surface area contributed by atoms with E-state index in [0.29, 0.717) is 11.7 Å². The number of hydrogen-bond donors (Lipinski definition) is 1. The fourth-order valence-electron chi connectivity index (χ4n) is 3.18. The van der Waals surface area contributed by atoms with Crippen LogP contribution in [0.5, 0.6) is 11.5 Å². The van der Waals surface area contributed by atoms with Crippen molar-refractivity contribution >= 4 is 24.8 Å². The van der Waals surface area contributed by atoms with E-state index in [2.05, 4.69) is 28.8 Å². The molecule has 9 heteroatoms. The lowest BCUT2D eigenvalue weighted by atomic mass is 9.90. The highest BCUT2D eigenvalue weighted by Gasteiger charge is 2.33. The van der Waals surface area contributed by atoms with Gasteiger partial charge in [0.05, 0.1) is 7.11 Å². The monoisotopic (exact) mass is 418 g/mol. The van der Waals surface area contributed by atoms with Crippen LogP contribution in [0.15, 0.2) is 18.2 Å². The van der Waals surface area contributed by atoms with Gasteiger partial charge in [-0.05, 0) is 12.0 Å².